The first-order chi connectivity index (χ1) is 28.7. The molecule has 1 aliphatic heterocycles. The molecule has 0 spiro atoms. The van der Waals surface area contributed by atoms with Gasteiger partial charge in [-0.05, 0) is 111 Å². The van der Waals surface area contributed by atoms with Crippen molar-refractivity contribution < 1.29 is 0 Å². The predicted molar refractivity (Wildman–Crippen MR) is 237 cm³/mol. The van der Waals surface area contributed by atoms with Gasteiger partial charge in [0, 0.05) is 28.9 Å². The van der Waals surface area contributed by atoms with Gasteiger partial charge >= 0.3 is 0 Å². The van der Waals surface area contributed by atoms with Crippen LogP contribution in [-0.4, -0.2) is 19.9 Å². The minimum atomic E-state index is -0.101. The highest BCUT2D eigenvalue weighted by molar-refractivity contribution is 5.97. The number of benzene rings is 6. The van der Waals surface area contributed by atoms with Gasteiger partial charge in [-0.15, -0.1) is 0 Å². The molecule has 9 aromatic rings. The Morgan fingerprint density at radius 2 is 0.983 bits per heavy atom. The second-order valence-electron chi connectivity index (χ2n) is 14.4. The van der Waals surface area contributed by atoms with Crippen molar-refractivity contribution in [3.8, 4) is 56.0 Å². The fourth-order valence-corrected chi connectivity index (χ4v) is 7.66. The zero-order valence-electron chi connectivity index (χ0n) is 31.6. The molecule has 0 radical (unpaired) electrons. The highest BCUT2D eigenvalue weighted by atomic mass is 15.0. The Hall–Kier alpha value is -7.76. The minimum absolute atomic E-state index is 0.101. The Labute approximate surface area is 337 Å². The minimum Gasteiger partial charge on any atom is -0.371 e. The number of nitrogens with one attached hydrogen (secondary N) is 1. The van der Waals surface area contributed by atoms with Gasteiger partial charge in [0.1, 0.15) is 0 Å². The largest absolute Gasteiger partial charge is 0.371 e. The van der Waals surface area contributed by atoms with Crippen molar-refractivity contribution in [2.45, 2.75) is 6.04 Å². The molecule has 3 aromatic heterocycles. The Kier molecular flexibility index (Phi) is 9.22. The molecule has 0 fully saturated rings. The molecule has 5 heteroatoms. The summed E-state index contributed by atoms with van der Waals surface area (Å²) < 4.78 is 0. The summed E-state index contributed by atoms with van der Waals surface area (Å²) in [6, 6.07) is 65.3. The lowest BCUT2D eigenvalue weighted by Gasteiger charge is -2.24. The van der Waals surface area contributed by atoms with Crippen LogP contribution in [-0.2, 0) is 0 Å². The van der Waals surface area contributed by atoms with Gasteiger partial charge in [-0.1, -0.05) is 133 Å². The number of nitrogens with zero attached hydrogens (tertiary/aromatic N) is 4. The molecule has 274 valence electrons. The summed E-state index contributed by atoms with van der Waals surface area (Å²) in [5.41, 5.74) is 15.5. The van der Waals surface area contributed by atoms with Gasteiger partial charge in [-0.2, -0.15) is 0 Å². The van der Waals surface area contributed by atoms with Crippen molar-refractivity contribution in [2.75, 3.05) is 0 Å². The van der Waals surface area contributed by atoms with E-state index in [1.165, 1.54) is 0 Å². The molecule has 1 N–H and O–H groups in total. The van der Waals surface area contributed by atoms with Gasteiger partial charge in [0.05, 0.1) is 34.3 Å². The van der Waals surface area contributed by atoms with Gasteiger partial charge in [0.2, 0.25) is 0 Å². The second kappa shape index (κ2) is 15.4. The van der Waals surface area contributed by atoms with Crippen LogP contribution in [0, 0.1) is 0 Å². The summed E-state index contributed by atoms with van der Waals surface area (Å²) in [7, 11) is 0. The van der Waals surface area contributed by atoms with Gasteiger partial charge < -0.3 is 5.32 Å². The van der Waals surface area contributed by atoms with Crippen LogP contribution in [0.2, 0.25) is 0 Å². The third-order valence-electron chi connectivity index (χ3n) is 10.6. The van der Waals surface area contributed by atoms with Crippen LogP contribution >= 0.6 is 0 Å². The molecular formula is C53H37N5. The lowest BCUT2D eigenvalue weighted by atomic mass is 9.92. The summed E-state index contributed by atoms with van der Waals surface area (Å²) in [5, 5.41) is 4.67. The standard InChI is InChI=1S/C53H37N5/c1-4-14-36(15-5-1)41-26-27-47-46(33-41)52(40-18-8-3-9-19-40)58-53(57-47)45-31-42(37-16-6-2-7-17-37)30-43(32-45)38-22-24-39(25-23-38)44-34-50(48-20-10-12-28-54-48)56-51(35-44)49-21-11-13-29-55-49/h1-35,50,56H. The smallest absolute Gasteiger partial charge is 0.160 e. The zero-order chi connectivity index (χ0) is 38.7. The molecular weight excluding hydrogens is 707 g/mol. The van der Waals surface area contributed by atoms with Crippen LogP contribution in [0.3, 0.4) is 0 Å². The molecule has 1 aliphatic rings. The van der Waals surface area contributed by atoms with Crippen LogP contribution in [0.15, 0.2) is 213 Å². The fourth-order valence-electron chi connectivity index (χ4n) is 7.66. The van der Waals surface area contributed by atoms with E-state index in [9.17, 15) is 0 Å². The SMILES string of the molecule is C1=C(c2ccc(-c3cc(-c4ccccc4)cc(-c4nc(-c5ccccc5)c5cc(-c6ccccc6)ccc5n4)c3)cc2)C=C(c2ccccn2)NC1c1ccccn1. The Balaban J connectivity index is 1.08. The Bertz CT molecular complexity index is 2930. The van der Waals surface area contributed by atoms with Crippen LogP contribution < -0.4 is 5.32 Å². The van der Waals surface area contributed by atoms with Crippen molar-refractivity contribution in [1.82, 2.24) is 25.3 Å². The lowest BCUT2D eigenvalue weighted by Crippen LogP contribution is -2.23. The van der Waals surface area contributed by atoms with E-state index in [2.05, 4.69) is 173 Å². The van der Waals surface area contributed by atoms with Crippen molar-refractivity contribution in [3.05, 3.63) is 230 Å². The number of allylic oxidation sites excluding steroid dienone is 2. The summed E-state index contributed by atoms with van der Waals surface area (Å²) in [4.78, 5) is 19.9. The Morgan fingerprint density at radius 1 is 0.414 bits per heavy atom. The van der Waals surface area contributed by atoms with E-state index in [0.29, 0.717) is 5.82 Å². The third-order valence-corrected chi connectivity index (χ3v) is 10.6. The molecule has 5 nitrogen and oxygen atoms in total. The highest BCUT2D eigenvalue weighted by Crippen LogP contribution is 2.37. The number of rotatable bonds is 8. The summed E-state index contributed by atoms with van der Waals surface area (Å²) in [6.07, 6.45) is 8.08. The first-order valence-corrected chi connectivity index (χ1v) is 19.5. The number of dihydropyridines is 1. The molecule has 1 unspecified atom stereocenters. The van der Waals surface area contributed by atoms with Crippen LogP contribution in [0.5, 0.6) is 0 Å². The first-order valence-electron chi connectivity index (χ1n) is 19.5. The van der Waals surface area contributed by atoms with Gasteiger partial charge in [0.25, 0.3) is 0 Å². The molecule has 10 rings (SSSR count). The average Bonchev–Trinajstić information content (AvgIpc) is 3.32. The molecule has 0 bridgehead atoms. The maximum atomic E-state index is 5.34. The van der Waals surface area contributed by atoms with Crippen molar-refractivity contribution >= 4 is 22.2 Å². The maximum absolute atomic E-state index is 5.34. The maximum Gasteiger partial charge on any atom is 0.160 e. The van der Waals surface area contributed by atoms with E-state index < -0.39 is 0 Å². The van der Waals surface area contributed by atoms with Crippen molar-refractivity contribution in [3.63, 3.8) is 0 Å². The van der Waals surface area contributed by atoms with Gasteiger partial charge in [-0.25, -0.2) is 9.97 Å². The number of hydrogen-bond acceptors (Lipinski definition) is 5. The average molecular weight is 744 g/mol. The van der Waals surface area contributed by atoms with Crippen molar-refractivity contribution in [2.24, 2.45) is 0 Å². The summed E-state index contributed by atoms with van der Waals surface area (Å²) in [5.74, 6) is 0.682. The van der Waals surface area contributed by atoms with Crippen LogP contribution in [0.25, 0.3) is 78.2 Å². The number of fused-ring (bicyclic) bond motifs is 1. The number of pyridine rings is 2. The molecule has 4 heterocycles. The van der Waals surface area contributed by atoms with Crippen molar-refractivity contribution in [1.29, 1.82) is 0 Å². The normalized spacial score (nSPS) is 13.7. The van der Waals surface area contributed by atoms with E-state index in [1.54, 1.807) is 0 Å². The van der Waals surface area contributed by atoms with E-state index in [4.69, 9.17) is 9.97 Å². The molecule has 1 atom stereocenters. The van der Waals surface area contributed by atoms with E-state index in [0.717, 1.165) is 89.3 Å². The zero-order valence-corrected chi connectivity index (χ0v) is 31.6. The molecule has 0 aliphatic carbocycles. The second-order valence-corrected chi connectivity index (χ2v) is 14.4. The van der Waals surface area contributed by atoms with E-state index in [1.807, 2.05) is 54.9 Å². The quantitative estimate of drug-likeness (QED) is 0.168. The molecule has 6 aromatic carbocycles. The highest BCUT2D eigenvalue weighted by Gasteiger charge is 2.20. The van der Waals surface area contributed by atoms with Crippen LogP contribution in [0.4, 0.5) is 0 Å². The lowest BCUT2D eigenvalue weighted by molar-refractivity contribution is 0.736. The van der Waals surface area contributed by atoms with Gasteiger partial charge in [-0.3, -0.25) is 9.97 Å². The summed E-state index contributed by atoms with van der Waals surface area (Å²) >= 11 is 0. The van der Waals surface area contributed by atoms with E-state index in [-0.39, 0.29) is 6.04 Å². The monoisotopic (exact) mass is 743 g/mol. The topological polar surface area (TPSA) is 63.6 Å². The predicted octanol–water partition coefficient (Wildman–Crippen LogP) is 12.5. The number of aromatic nitrogens is 4. The molecule has 58 heavy (non-hydrogen) atoms. The molecule has 0 amide bonds. The Morgan fingerprint density at radius 3 is 1.64 bits per heavy atom. The number of hydrogen-bond donors (Lipinski definition) is 1. The fraction of sp³-hybridized carbons (Fsp3) is 0.0189. The van der Waals surface area contributed by atoms with Crippen LogP contribution in [0.1, 0.15) is 23.0 Å². The molecule has 0 saturated heterocycles. The van der Waals surface area contributed by atoms with E-state index >= 15 is 0 Å². The third kappa shape index (κ3) is 7.09. The first kappa shape index (κ1) is 34.7. The summed E-state index contributed by atoms with van der Waals surface area (Å²) in [6.45, 7) is 0. The molecule has 0 saturated carbocycles. The van der Waals surface area contributed by atoms with Gasteiger partial charge in [0.15, 0.2) is 5.82 Å².